The molecule has 0 saturated carbocycles. The number of nitrogens with zero attached hydrogens (tertiary/aromatic N) is 1. The van der Waals surface area contributed by atoms with E-state index in [0.29, 0.717) is 25.9 Å². The zero-order valence-electron chi connectivity index (χ0n) is 12.8. The molecular formula is C16H22N2O3. The zero-order valence-corrected chi connectivity index (χ0v) is 12.8. The number of amides is 2. The van der Waals surface area contributed by atoms with Gasteiger partial charge in [-0.25, -0.2) is 0 Å². The molecule has 1 unspecified atom stereocenters. The number of nitrogens with one attached hydrogen (secondary N) is 1. The summed E-state index contributed by atoms with van der Waals surface area (Å²) in [5.74, 6) is 0.713. The maximum absolute atomic E-state index is 12.5. The third kappa shape index (κ3) is 3.35. The van der Waals surface area contributed by atoms with Crippen molar-refractivity contribution in [1.29, 1.82) is 0 Å². The summed E-state index contributed by atoms with van der Waals surface area (Å²) >= 11 is 0. The van der Waals surface area contributed by atoms with Crippen LogP contribution in [0.2, 0.25) is 0 Å². The largest absolute Gasteiger partial charge is 0.496 e. The average molecular weight is 290 g/mol. The van der Waals surface area contributed by atoms with E-state index >= 15 is 0 Å². The number of carbonyl (C=O) groups excluding carboxylic acids is 2. The highest BCUT2D eigenvalue weighted by Crippen LogP contribution is 2.20. The van der Waals surface area contributed by atoms with E-state index in [4.69, 9.17) is 4.74 Å². The summed E-state index contributed by atoms with van der Waals surface area (Å²) in [6.45, 7) is 4.99. The van der Waals surface area contributed by atoms with Crippen LogP contribution in [0.5, 0.6) is 5.75 Å². The highest BCUT2D eigenvalue weighted by molar-refractivity contribution is 5.89. The number of hydrogen-bond acceptors (Lipinski definition) is 3. The molecule has 5 heteroatoms. The Morgan fingerprint density at radius 2 is 2.24 bits per heavy atom. The van der Waals surface area contributed by atoms with Crippen molar-refractivity contribution in [2.45, 2.75) is 32.7 Å². The maximum atomic E-state index is 12.5. The van der Waals surface area contributed by atoms with Crippen LogP contribution < -0.4 is 10.1 Å². The molecule has 1 N–H and O–H groups in total. The Morgan fingerprint density at radius 3 is 2.90 bits per heavy atom. The molecule has 1 fully saturated rings. The predicted octanol–water partition coefficient (Wildman–Crippen LogP) is 1.28. The number of hydrogen-bond donors (Lipinski definition) is 1. The van der Waals surface area contributed by atoms with Gasteiger partial charge in [-0.3, -0.25) is 9.59 Å². The van der Waals surface area contributed by atoms with E-state index in [0.717, 1.165) is 16.9 Å². The SMILES string of the molecule is CCC1C(=O)NCCN1C(=O)Cc1ccc(C)c(OC)c1. The van der Waals surface area contributed by atoms with Crippen molar-refractivity contribution in [2.75, 3.05) is 20.2 Å². The fourth-order valence-electron chi connectivity index (χ4n) is 2.67. The summed E-state index contributed by atoms with van der Waals surface area (Å²) in [5.41, 5.74) is 1.95. The third-order valence-electron chi connectivity index (χ3n) is 3.87. The van der Waals surface area contributed by atoms with Crippen molar-refractivity contribution >= 4 is 11.8 Å². The van der Waals surface area contributed by atoms with E-state index in [1.54, 1.807) is 12.0 Å². The summed E-state index contributed by atoms with van der Waals surface area (Å²) in [5, 5.41) is 2.80. The number of methoxy groups -OCH3 is 1. The molecule has 0 aromatic heterocycles. The van der Waals surface area contributed by atoms with Gasteiger partial charge in [0.05, 0.1) is 13.5 Å². The Balaban J connectivity index is 2.11. The van der Waals surface area contributed by atoms with Crippen LogP contribution in [0.25, 0.3) is 0 Å². The van der Waals surface area contributed by atoms with Crippen LogP contribution in [0.15, 0.2) is 18.2 Å². The van der Waals surface area contributed by atoms with E-state index in [1.807, 2.05) is 32.0 Å². The zero-order chi connectivity index (χ0) is 15.4. The van der Waals surface area contributed by atoms with Gasteiger partial charge >= 0.3 is 0 Å². The van der Waals surface area contributed by atoms with E-state index in [9.17, 15) is 9.59 Å². The molecule has 1 aromatic rings. The molecular weight excluding hydrogens is 268 g/mol. The second-order valence-corrected chi connectivity index (χ2v) is 5.28. The summed E-state index contributed by atoms with van der Waals surface area (Å²) in [6.07, 6.45) is 0.926. The molecule has 1 aliphatic heterocycles. The highest BCUT2D eigenvalue weighted by atomic mass is 16.5. The van der Waals surface area contributed by atoms with Crippen molar-refractivity contribution in [2.24, 2.45) is 0 Å². The van der Waals surface area contributed by atoms with Crippen LogP contribution >= 0.6 is 0 Å². The molecule has 1 aliphatic rings. The minimum Gasteiger partial charge on any atom is -0.496 e. The monoisotopic (exact) mass is 290 g/mol. The summed E-state index contributed by atoms with van der Waals surface area (Å²) in [6, 6.07) is 5.42. The van der Waals surface area contributed by atoms with Crippen LogP contribution in [-0.4, -0.2) is 43.0 Å². The van der Waals surface area contributed by atoms with Gasteiger partial charge in [0, 0.05) is 13.1 Å². The van der Waals surface area contributed by atoms with Gasteiger partial charge in [-0.2, -0.15) is 0 Å². The maximum Gasteiger partial charge on any atom is 0.242 e. The topological polar surface area (TPSA) is 58.6 Å². The number of ether oxygens (including phenoxy) is 1. The second-order valence-electron chi connectivity index (χ2n) is 5.28. The molecule has 2 amide bonds. The predicted molar refractivity (Wildman–Crippen MR) is 80.2 cm³/mol. The first kappa shape index (κ1) is 15.4. The van der Waals surface area contributed by atoms with E-state index in [-0.39, 0.29) is 17.9 Å². The lowest BCUT2D eigenvalue weighted by atomic mass is 10.1. The summed E-state index contributed by atoms with van der Waals surface area (Å²) in [4.78, 5) is 26.0. The van der Waals surface area contributed by atoms with Gasteiger partial charge < -0.3 is 15.0 Å². The van der Waals surface area contributed by atoms with Gasteiger partial charge in [-0.05, 0) is 30.5 Å². The highest BCUT2D eigenvalue weighted by Gasteiger charge is 2.31. The van der Waals surface area contributed by atoms with Crippen LogP contribution in [0.4, 0.5) is 0 Å². The molecule has 1 heterocycles. The lowest BCUT2D eigenvalue weighted by molar-refractivity contribution is -0.142. The summed E-state index contributed by atoms with van der Waals surface area (Å²) < 4.78 is 5.28. The van der Waals surface area contributed by atoms with Gasteiger partial charge in [-0.15, -0.1) is 0 Å². The van der Waals surface area contributed by atoms with Gasteiger partial charge in [0.1, 0.15) is 11.8 Å². The molecule has 21 heavy (non-hydrogen) atoms. The van der Waals surface area contributed by atoms with Crippen molar-refractivity contribution in [3.63, 3.8) is 0 Å². The Bertz CT molecular complexity index is 542. The first-order valence-corrected chi connectivity index (χ1v) is 7.27. The van der Waals surface area contributed by atoms with E-state index in [2.05, 4.69) is 5.32 Å². The van der Waals surface area contributed by atoms with Crippen molar-refractivity contribution in [3.05, 3.63) is 29.3 Å². The fraction of sp³-hybridized carbons (Fsp3) is 0.500. The van der Waals surface area contributed by atoms with Crippen molar-refractivity contribution in [1.82, 2.24) is 10.2 Å². The van der Waals surface area contributed by atoms with E-state index in [1.165, 1.54) is 0 Å². The minimum atomic E-state index is -0.349. The minimum absolute atomic E-state index is 0.0115. The Kier molecular flexibility index (Phi) is 4.83. The van der Waals surface area contributed by atoms with Crippen LogP contribution in [0.1, 0.15) is 24.5 Å². The van der Waals surface area contributed by atoms with Gasteiger partial charge in [-0.1, -0.05) is 19.1 Å². The van der Waals surface area contributed by atoms with Crippen molar-refractivity contribution in [3.8, 4) is 5.75 Å². The molecule has 5 nitrogen and oxygen atoms in total. The number of rotatable bonds is 4. The lowest BCUT2D eigenvalue weighted by Crippen LogP contribution is -2.57. The Labute approximate surface area is 125 Å². The van der Waals surface area contributed by atoms with Crippen LogP contribution in [-0.2, 0) is 16.0 Å². The van der Waals surface area contributed by atoms with Crippen LogP contribution in [0, 0.1) is 6.92 Å². The fourth-order valence-corrected chi connectivity index (χ4v) is 2.67. The number of piperazine rings is 1. The normalized spacial score (nSPS) is 18.3. The Morgan fingerprint density at radius 1 is 1.48 bits per heavy atom. The molecule has 0 bridgehead atoms. The average Bonchev–Trinajstić information content (AvgIpc) is 2.48. The molecule has 1 saturated heterocycles. The Hall–Kier alpha value is -2.04. The molecule has 0 aliphatic carbocycles. The first-order valence-electron chi connectivity index (χ1n) is 7.27. The quantitative estimate of drug-likeness (QED) is 0.909. The lowest BCUT2D eigenvalue weighted by Gasteiger charge is -2.34. The van der Waals surface area contributed by atoms with Gasteiger partial charge in [0.2, 0.25) is 11.8 Å². The van der Waals surface area contributed by atoms with Gasteiger partial charge in [0.15, 0.2) is 0 Å². The summed E-state index contributed by atoms with van der Waals surface area (Å²) in [7, 11) is 1.62. The van der Waals surface area contributed by atoms with E-state index < -0.39 is 0 Å². The second kappa shape index (κ2) is 6.61. The molecule has 0 spiro atoms. The molecule has 2 rings (SSSR count). The standard InChI is InChI=1S/C16H22N2O3/c1-4-13-16(20)17-7-8-18(13)15(19)10-12-6-5-11(2)14(9-12)21-3/h5-6,9,13H,4,7-8,10H2,1-3H3,(H,17,20). The third-order valence-corrected chi connectivity index (χ3v) is 3.87. The number of carbonyl (C=O) groups is 2. The molecule has 1 atom stereocenters. The molecule has 114 valence electrons. The van der Waals surface area contributed by atoms with Gasteiger partial charge in [0.25, 0.3) is 0 Å². The van der Waals surface area contributed by atoms with Crippen LogP contribution in [0.3, 0.4) is 0 Å². The number of benzene rings is 1. The molecule has 1 aromatic carbocycles. The van der Waals surface area contributed by atoms with Crippen molar-refractivity contribution < 1.29 is 14.3 Å². The first-order chi connectivity index (χ1) is 10.1. The smallest absolute Gasteiger partial charge is 0.242 e. The molecule has 0 radical (unpaired) electrons. The number of aryl methyl sites for hydroxylation is 1.